The number of nitrogens with one attached hydrogen (secondary N) is 1. The fourth-order valence-corrected chi connectivity index (χ4v) is 3.53. The van der Waals surface area contributed by atoms with Crippen molar-refractivity contribution in [3.8, 4) is 0 Å². The molecule has 2 N–H and O–H groups in total. The minimum absolute atomic E-state index is 0.0875. The minimum Gasteiger partial charge on any atom is -0.388 e. The van der Waals surface area contributed by atoms with E-state index in [2.05, 4.69) is 11.4 Å². The Labute approximate surface area is 126 Å². The molecule has 1 amide bonds. The van der Waals surface area contributed by atoms with Crippen LogP contribution in [0.3, 0.4) is 0 Å². The first-order valence-corrected chi connectivity index (χ1v) is 7.96. The van der Waals surface area contributed by atoms with Crippen LogP contribution in [0.1, 0.15) is 43.4 Å². The highest BCUT2D eigenvalue weighted by atomic mass is 16.3. The van der Waals surface area contributed by atoms with Gasteiger partial charge in [-0.1, -0.05) is 12.1 Å². The van der Waals surface area contributed by atoms with Gasteiger partial charge in [0.25, 0.3) is 0 Å². The molecule has 1 aromatic carbocycles. The fraction of sp³-hybridized carbons (Fsp3) is 0.588. The highest BCUT2D eigenvalue weighted by molar-refractivity contribution is 5.92. The van der Waals surface area contributed by atoms with Crippen LogP contribution in [0.5, 0.6) is 0 Å². The zero-order valence-corrected chi connectivity index (χ0v) is 12.6. The molecule has 0 saturated carbocycles. The Hall–Kier alpha value is -1.39. The molecule has 114 valence electrons. The van der Waals surface area contributed by atoms with Gasteiger partial charge in [0.2, 0.25) is 5.91 Å². The maximum Gasteiger partial charge on any atom is 0.223 e. The van der Waals surface area contributed by atoms with Gasteiger partial charge < -0.3 is 15.3 Å². The second-order valence-electron chi connectivity index (χ2n) is 6.19. The number of carbonyl (C=O) groups excluding carboxylic acids is 1. The van der Waals surface area contributed by atoms with Crippen LogP contribution < -0.4 is 10.2 Å². The second-order valence-corrected chi connectivity index (χ2v) is 6.19. The Bertz CT molecular complexity index is 524. The van der Waals surface area contributed by atoms with Crippen molar-refractivity contribution in [2.45, 2.75) is 38.7 Å². The third kappa shape index (κ3) is 2.97. The van der Waals surface area contributed by atoms with Crippen LogP contribution in [-0.4, -0.2) is 30.6 Å². The highest BCUT2D eigenvalue weighted by Gasteiger charge is 2.26. The summed E-state index contributed by atoms with van der Waals surface area (Å²) in [6.45, 7) is 4.36. The number of hydrogen-bond donors (Lipinski definition) is 2. The third-order valence-corrected chi connectivity index (χ3v) is 4.78. The topological polar surface area (TPSA) is 52.6 Å². The summed E-state index contributed by atoms with van der Waals surface area (Å²) in [5.41, 5.74) is 3.17. The van der Waals surface area contributed by atoms with Gasteiger partial charge in [-0.2, -0.15) is 0 Å². The van der Waals surface area contributed by atoms with Gasteiger partial charge in [-0.3, -0.25) is 4.79 Å². The number of benzene rings is 1. The lowest BCUT2D eigenvalue weighted by Gasteiger charge is -2.31. The van der Waals surface area contributed by atoms with Gasteiger partial charge in [-0.05, 0) is 61.9 Å². The van der Waals surface area contributed by atoms with Crippen LogP contribution in [0, 0.1) is 5.92 Å². The Morgan fingerprint density at radius 2 is 2.14 bits per heavy atom. The van der Waals surface area contributed by atoms with Gasteiger partial charge >= 0.3 is 0 Å². The molecule has 0 spiro atoms. The van der Waals surface area contributed by atoms with Crippen LogP contribution in [-0.2, 0) is 11.2 Å². The van der Waals surface area contributed by atoms with E-state index in [9.17, 15) is 9.90 Å². The maximum atomic E-state index is 11.8. The standard InChI is InChI=1S/C17H24N2O2/c1-12(20)19-10-2-3-13-4-5-15(11-16(13)19)17(21)14-6-8-18-9-7-14/h4-5,11,14,17-18,21H,2-3,6-10H2,1H3. The molecule has 1 unspecified atom stereocenters. The lowest BCUT2D eigenvalue weighted by molar-refractivity contribution is -0.116. The fourth-order valence-electron chi connectivity index (χ4n) is 3.53. The summed E-state index contributed by atoms with van der Waals surface area (Å²) in [7, 11) is 0. The molecular weight excluding hydrogens is 264 g/mol. The molecule has 1 aromatic rings. The van der Waals surface area contributed by atoms with E-state index in [1.165, 1.54) is 5.56 Å². The largest absolute Gasteiger partial charge is 0.388 e. The number of rotatable bonds is 2. The van der Waals surface area contributed by atoms with Crippen molar-refractivity contribution in [2.75, 3.05) is 24.5 Å². The summed E-state index contributed by atoms with van der Waals surface area (Å²) in [6, 6.07) is 6.15. The van der Waals surface area contributed by atoms with Gasteiger partial charge in [0.05, 0.1) is 6.10 Å². The second kappa shape index (κ2) is 6.16. The van der Waals surface area contributed by atoms with Gasteiger partial charge in [0.15, 0.2) is 0 Å². The van der Waals surface area contributed by atoms with Crippen molar-refractivity contribution < 1.29 is 9.90 Å². The first-order chi connectivity index (χ1) is 10.2. The number of carbonyl (C=O) groups is 1. The lowest BCUT2D eigenvalue weighted by atomic mass is 9.87. The average Bonchev–Trinajstić information content (AvgIpc) is 2.53. The van der Waals surface area contributed by atoms with E-state index < -0.39 is 6.10 Å². The summed E-state index contributed by atoms with van der Waals surface area (Å²) < 4.78 is 0. The van der Waals surface area contributed by atoms with E-state index in [0.29, 0.717) is 5.92 Å². The van der Waals surface area contributed by atoms with Gasteiger partial charge in [0, 0.05) is 19.2 Å². The zero-order chi connectivity index (χ0) is 14.8. The van der Waals surface area contributed by atoms with Crippen molar-refractivity contribution in [3.05, 3.63) is 29.3 Å². The first-order valence-electron chi connectivity index (χ1n) is 7.96. The number of fused-ring (bicyclic) bond motifs is 1. The van der Waals surface area contributed by atoms with Crippen molar-refractivity contribution in [2.24, 2.45) is 5.92 Å². The Morgan fingerprint density at radius 1 is 1.38 bits per heavy atom. The summed E-state index contributed by atoms with van der Waals surface area (Å²) in [4.78, 5) is 13.6. The number of anilines is 1. The number of aliphatic hydroxyl groups excluding tert-OH is 1. The Morgan fingerprint density at radius 3 is 2.86 bits per heavy atom. The number of aryl methyl sites for hydroxylation is 1. The quantitative estimate of drug-likeness (QED) is 0.875. The SMILES string of the molecule is CC(=O)N1CCCc2ccc(C(O)C3CCNCC3)cc21. The normalized spacial score (nSPS) is 21.0. The molecule has 1 fully saturated rings. The van der Waals surface area contributed by atoms with E-state index >= 15 is 0 Å². The molecule has 0 aliphatic carbocycles. The number of nitrogens with zero attached hydrogens (tertiary/aromatic N) is 1. The van der Waals surface area contributed by atoms with Crippen LogP contribution in [0.25, 0.3) is 0 Å². The Balaban J connectivity index is 1.87. The van der Waals surface area contributed by atoms with E-state index in [0.717, 1.165) is 56.6 Å². The van der Waals surface area contributed by atoms with Crippen molar-refractivity contribution >= 4 is 11.6 Å². The molecule has 0 radical (unpaired) electrons. The number of piperidine rings is 1. The molecule has 0 aromatic heterocycles. The summed E-state index contributed by atoms with van der Waals surface area (Å²) in [5.74, 6) is 0.406. The summed E-state index contributed by atoms with van der Waals surface area (Å²) in [6.07, 6.45) is 3.63. The number of hydrogen-bond acceptors (Lipinski definition) is 3. The van der Waals surface area contributed by atoms with Gasteiger partial charge in [-0.15, -0.1) is 0 Å². The predicted octanol–water partition coefficient (Wildman–Crippen LogP) is 2.02. The van der Waals surface area contributed by atoms with Gasteiger partial charge in [0.1, 0.15) is 0 Å². The molecule has 4 nitrogen and oxygen atoms in total. The number of amides is 1. The first kappa shape index (κ1) is 14.5. The molecule has 4 heteroatoms. The summed E-state index contributed by atoms with van der Waals surface area (Å²) in [5, 5.41) is 14.0. The van der Waals surface area contributed by atoms with E-state index in [1.54, 1.807) is 6.92 Å². The minimum atomic E-state index is -0.423. The molecule has 1 atom stereocenters. The van der Waals surface area contributed by atoms with Crippen molar-refractivity contribution in [1.82, 2.24) is 5.32 Å². The third-order valence-electron chi connectivity index (χ3n) is 4.78. The molecular formula is C17H24N2O2. The lowest BCUT2D eigenvalue weighted by Crippen LogP contribution is -2.34. The van der Waals surface area contributed by atoms with Crippen LogP contribution in [0.15, 0.2) is 18.2 Å². The molecule has 0 bridgehead atoms. The van der Waals surface area contributed by atoms with Gasteiger partial charge in [-0.25, -0.2) is 0 Å². The van der Waals surface area contributed by atoms with Crippen LogP contribution >= 0.6 is 0 Å². The molecule has 2 aliphatic rings. The van der Waals surface area contributed by atoms with E-state index in [1.807, 2.05) is 17.0 Å². The van der Waals surface area contributed by atoms with Crippen LogP contribution in [0.4, 0.5) is 5.69 Å². The average molecular weight is 288 g/mol. The molecule has 2 aliphatic heterocycles. The smallest absolute Gasteiger partial charge is 0.223 e. The van der Waals surface area contributed by atoms with E-state index in [-0.39, 0.29) is 5.91 Å². The summed E-state index contributed by atoms with van der Waals surface area (Å²) >= 11 is 0. The monoisotopic (exact) mass is 288 g/mol. The van der Waals surface area contributed by atoms with Crippen molar-refractivity contribution in [3.63, 3.8) is 0 Å². The Kier molecular flexibility index (Phi) is 4.27. The van der Waals surface area contributed by atoms with E-state index in [4.69, 9.17) is 0 Å². The zero-order valence-electron chi connectivity index (χ0n) is 12.6. The molecule has 2 heterocycles. The number of aliphatic hydroxyl groups is 1. The molecule has 21 heavy (non-hydrogen) atoms. The highest BCUT2D eigenvalue weighted by Crippen LogP contribution is 2.34. The molecule has 1 saturated heterocycles. The van der Waals surface area contributed by atoms with Crippen molar-refractivity contribution in [1.29, 1.82) is 0 Å². The van der Waals surface area contributed by atoms with Crippen LogP contribution in [0.2, 0.25) is 0 Å². The maximum absolute atomic E-state index is 11.8. The predicted molar refractivity (Wildman–Crippen MR) is 83.3 cm³/mol. The molecule has 3 rings (SSSR count).